The number of rotatable bonds is 3. The number of ether oxygens (including phenoxy) is 1. The number of hydrogen-bond acceptors (Lipinski definition) is 2. The Morgan fingerprint density at radius 1 is 1.44 bits per heavy atom. The highest BCUT2D eigenvalue weighted by Crippen LogP contribution is 1.85. The maximum Gasteiger partial charge on any atom is 0.305 e. The van der Waals surface area contributed by atoms with Crippen LogP contribution < -0.4 is 0 Å². The smallest absolute Gasteiger partial charge is 0.305 e. The van der Waals surface area contributed by atoms with E-state index in [0.717, 1.165) is 6.42 Å². The quantitative estimate of drug-likeness (QED) is 0.436. The maximum absolute atomic E-state index is 10.3. The highest BCUT2D eigenvalue weighted by Gasteiger charge is 1.93. The van der Waals surface area contributed by atoms with Crippen molar-refractivity contribution >= 4 is 16.9 Å². The van der Waals surface area contributed by atoms with E-state index < -0.39 is 0 Å². The van der Waals surface area contributed by atoms with Gasteiger partial charge in [0.05, 0.1) is 6.61 Å². The van der Waals surface area contributed by atoms with Crippen molar-refractivity contribution in [1.29, 1.82) is 0 Å². The van der Waals surface area contributed by atoms with E-state index in [4.69, 9.17) is 4.74 Å². The van der Waals surface area contributed by atoms with E-state index >= 15 is 0 Å². The molecule has 0 saturated carbocycles. The topological polar surface area (TPSA) is 26.3 Å². The Bertz CT molecular complexity index is 73.5. The average molecular weight is 144 g/mol. The van der Waals surface area contributed by atoms with Gasteiger partial charge in [0.2, 0.25) is 0 Å². The van der Waals surface area contributed by atoms with E-state index in [9.17, 15) is 4.79 Å². The predicted molar refractivity (Wildman–Crippen MR) is 37.3 cm³/mol. The SMILES string of the molecule is CCCOC(=O)CC.[Si]. The lowest BCUT2D eigenvalue weighted by molar-refractivity contribution is -0.143. The largest absolute Gasteiger partial charge is 0.466 e. The van der Waals surface area contributed by atoms with Crippen LogP contribution >= 0.6 is 0 Å². The molecule has 0 bridgehead atoms. The Morgan fingerprint density at radius 3 is 2.33 bits per heavy atom. The van der Waals surface area contributed by atoms with E-state index in [-0.39, 0.29) is 16.9 Å². The lowest BCUT2D eigenvalue weighted by atomic mass is 10.5. The van der Waals surface area contributed by atoms with Crippen molar-refractivity contribution in [3.8, 4) is 0 Å². The fourth-order valence-corrected chi connectivity index (χ4v) is 0.318. The van der Waals surface area contributed by atoms with Gasteiger partial charge >= 0.3 is 5.97 Å². The normalized spacial score (nSPS) is 7.78. The summed E-state index contributed by atoms with van der Waals surface area (Å²) in [5.41, 5.74) is 0. The Labute approximate surface area is 60.6 Å². The second kappa shape index (κ2) is 7.69. The molecule has 3 heteroatoms. The van der Waals surface area contributed by atoms with Crippen molar-refractivity contribution in [2.45, 2.75) is 26.7 Å². The molecule has 9 heavy (non-hydrogen) atoms. The zero-order chi connectivity index (χ0) is 6.41. The first-order chi connectivity index (χ1) is 3.81. The van der Waals surface area contributed by atoms with Gasteiger partial charge < -0.3 is 4.74 Å². The minimum Gasteiger partial charge on any atom is -0.466 e. The molecule has 0 aromatic heterocycles. The van der Waals surface area contributed by atoms with Crippen LogP contribution in [0.15, 0.2) is 0 Å². The lowest BCUT2D eigenvalue weighted by Gasteiger charge is -1.97. The summed E-state index contributed by atoms with van der Waals surface area (Å²) in [4.78, 5) is 10.3. The Morgan fingerprint density at radius 2 is 2.00 bits per heavy atom. The van der Waals surface area contributed by atoms with Gasteiger partial charge in [0, 0.05) is 17.4 Å². The summed E-state index contributed by atoms with van der Waals surface area (Å²) in [6.45, 7) is 4.33. The second-order valence-electron chi connectivity index (χ2n) is 1.57. The molecule has 0 aromatic carbocycles. The van der Waals surface area contributed by atoms with Crippen molar-refractivity contribution in [1.82, 2.24) is 0 Å². The van der Waals surface area contributed by atoms with Crippen molar-refractivity contribution in [3.63, 3.8) is 0 Å². The van der Waals surface area contributed by atoms with Crippen LogP contribution in [0.2, 0.25) is 0 Å². The zero-order valence-corrected chi connectivity index (χ0v) is 6.94. The highest BCUT2D eigenvalue weighted by atomic mass is 28.1. The zero-order valence-electron chi connectivity index (χ0n) is 5.94. The lowest BCUT2D eigenvalue weighted by Crippen LogP contribution is -2.02. The van der Waals surface area contributed by atoms with E-state index in [0.29, 0.717) is 13.0 Å². The van der Waals surface area contributed by atoms with Crippen LogP contribution in [0.3, 0.4) is 0 Å². The van der Waals surface area contributed by atoms with E-state index in [2.05, 4.69) is 0 Å². The maximum atomic E-state index is 10.3. The van der Waals surface area contributed by atoms with Crippen molar-refractivity contribution in [2.75, 3.05) is 6.61 Å². The Kier molecular flexibility index (Phi) is 9.80. The van der Waals surface area contributed by atoms with Crippen LogP contribution in [0.1, 0.15) is 26.7 Å². The van der Waals surface area contributed by atoms with E-state index in [1.54, 1.807) is 6.92 Å². The molecule has 0 spiro atoms. The predicted octanol–water partition coefficient (Wildman–Crippen LogP) is 0.969. The molecule has 0 unspecified atom stereocenters. The number of esters is 1. The Hall–Kier alpha value is -0.313. The first-order valence-corrected chi connectivity index (χ1v) is 2.96. The first-order valence-electron chi connectivity index (χ1n) is 2.96. The highest BCUT2D eigenvalue weighted by molar-refractivity contribution is 5.75. The van der Waals surface area contributed by atoms with Crippen LogP contribution in [-0.4, -0.2) is 23.5 Å². The van der Waals surface area contributed by atoms with Gasteiger partial charge in [-0.15, -0.1) is 0 Å². The van der Waals surface area contributed by atoms with E-state index in [1.807, 2.05) is 6.92 Å². The van der Waals surface area contributed by atoms with Crippen molar-refractivity contribution < 1.29 is 9.53 Å². The molecule has 0 aliphatic rings. The van der Waals surface area contributed by atoms with Crippen LogP contribution in [0.5, 0.6) is 0 Å². The first kappa shape index (κ1) is 11.5. The minimum absolute atomic E-state index is 0. The molecule has 0 aliphatic carbocycles. The molecule has 0 aromatic rings. The molecule has 0 aliphatic heterocycles. The average Bonchev–Trinajstić information content (AvgIpc) is 1.83. The Balaban J connectivity index is 0. The summed E-state index contributed by atoms with van der Waals surface area (Å²) < 4.78 is 4.70. The van der Waals surface area contributed by atoms with Gasteiger partial charge in [-0.1, -0.05) is 13.8 Å². The molecule has 4 radical (unpaired) electrons. The summed E-state index contributed by atoms with van der Waals surface area (Å²) >= 11 is 0. The molecule has 0 atom stereocenters. The molecule has 0 fully saturated rings. The third-order valence-corrected chi connectivity index (χ3v) is 0.756. The monoisotopic (exact) mass is 144 g/mol. The molecule has 0 heterocycles. The molecule has 2 nitrogen and oxygen atoms in total. The van der Waals surface area contributed by atoms with Gasteiger partial charge in [0.15, 0.2) is 0 Å². The fourth-order valence-electron chi connectivity index (χ4n) is 0.318. The number of hydrogen-bond donors (Lipinski definition) is 0. The van der Waals surface area contributed by atoms with E-state index in [1.165, 1.54) is 0 Å². The third kappa shape index (κ3) is 7.69. The van der Waals surface area contributed by atoms with Crippen LogP contribution in [0.4, 0.5) is 0 Å². The van der Waals surface area contributed by atoms with Gasteiger partial charge in [0.1, 0.15) is 0 Å². The summed E-state index contributed by atoms with van der Waals surface area (Å²) in [5.74, 6) is -0.105. The van der Waals surface area contributed by atoms with Gasteiger partial charge in [0.25, 0.3) is 0 Å². The van der Waals surface area contributed by atoms with Gasteiger partial charge in [-0.05, 0) is 6.42 Å². The molecular formula is C6H12O2Si. The molecule has 0 N–H and O–H groups in total. The molecule has 0 amide bonds. The van der Waals surface area contributed by atoms with Gasteiger partial charge in [-0.3, -0.25) is 4.79 Å². The summed E-state index contributed by atoms with van der Waals surface area (Å²) in [6.07, 6.45) is 1.39. The van der Waals surface area contributed by atoms with Crippen LogP contribution in [0, 0.1) is 0 Å². The molecule has 52 valence electrons. The molecule has 0 saturated heterocycles. The fraction of sp³-hybridized carbons (Fsp3) is 0.833. The third-order valence-electron chi connectivity index (χ3n) is 0.756. The standard InChI is InChI=1S/C6H12O2.Si/c1-3-5-8-6(7)4-2;/h3-5H2,1-2H3;. The minimum atomic E-state index is -0.105. The van der Waals surface area contributed by atoms with Gasteiger partial charge in [-0.2, -0.15) is 0 Å². The van der Waals surface area contributed by atoms with Crippen molar-refractivity contribution in [2.24, 2.45) is 0 Å². The molecule has 0 rings (SSSR count). The number of carbonyl (C=O) groups is 1. The summed E-state index contributed by atoms with van der Waals surface area (Å²) in [5, 5.41) is 0. The second-order valence-corrected chi connectivity index (χ2v) is 1.57. The summed E-state index contributed by atoms with van der Waals surface area (Å²) in [7, 11) is 0. The van der Waals surface area contributed by atoms with Crippen LogP contribution in [0.25, 0.3) is 0 Å². The summed E-state index contributed by atoms with van der Waals surface area (Å²) in [6, 6.07) is 0. The van der Waals surface area contributed by atoms with Crippen LogP contribution in [-0.2, 0) is 9.53 Å². The van der Waals surface area contributed by atoms with Gasteiger partial charge in [-0.25, -0.2) is 0 Å². The number of carbonyl (C=O) groups excluding carboxylic acids is 1. The van der Waals surface area contributed by atoms with Crippen molar-refractivity contribution in [3.05, 3.63) is 0 Å². The molecular weight excluding hydrogens is 132 g/mol.